The van der Waals surface area contributed by atoms with E-state index in [1.807, 2.05) is 13.8 Å². The number of aliphatic carboxylic acids is 1. The number of carbonyl (C=O) groups excluding carboxylic acids is 3. The van der Waals surface area contributed by atoms with E-state index in [0.717, 1.165) is 0 Å². The van der Waals surface area contributed by atoms with Crippen molar-refractivity contribution in [3.8, 4) is 5.75 Å². The van der Waals surface area contributed by atoms with Crippen LogP contribution in [0.4, 0.5) is 0 Å². The number of phenols is 1. The number of nitrogens with one attached hydrogen (secondary N) is 3. The van der Waals surface area contributed by atoms with Gasteiger partial charge in [0.2, 0.25) is 17.7 Å². The summed E-state index contributed by atoms with van der Waals surface area (Å²) in [6.07, 6.45) is 0.0877. The van der Waals surface area contributed by atoms with Crippen LogP contribution in [0.1, 0.15) is 46.1 Å². The molecule has 1 rings (SSSR count). The molecule has 0 aliphatic carbocycles. The number of aromatic hydroxyl groups is 1. The van der Waals surface area contributed by atoms with Crippen molar-refractivity contribution in [3.05, 3.63) is 29.8 Å². The summed E-state index contributed by atoms with van der Waals surface area (Å²) >= 11 is 0. The predicted octanol–water partition coefficient (Wildman–Crippen LogP) is 0.957. The minimum Gasteiger partial charge on any atom is -0.508 e. The van der Waals surface area contributed by atoms with Crippen LogP contribution < -0.4 is 16.1 Å². The molecular weight excluding hydrogens is 406 g/mol. The molecule has 0 aromatic heterocycles. The maximum absolute atomic E-state index is 12.7. The van der Waals surface area contributed by atoms with Crippen LogP contribution in [0.5, 0.6) is 5.75 Å². The number of benzene rings is 1. The molecule has 0 radical (unpaired) electrons. The summed E-state index contributed by atoms with van der Waals surface area (Å²) in [6, 6.07) is 4.68. The van der Waals surface area contributed by atoms with Crippen molar-refractivity contribution in [1.29, 1.82) is 0 Å². The summed E-state index contributed by atoms with van der Waals surface area (Å²) in [5, 5.41) is 32.6. The minimum absolute atomic E-state index is 0.0158. The lowest BCUT2D eigenvalue weighted by molar-refractivity contribution is -0.143. The SMILES string of the molecule is CC(C)CC(CC(=O)NO)C(=O)NC(C)(C)C(=O)N[C@@H](Cc1ccc(O)cc1)C(=O)O. The topological polar surface area (TPSA) is 165 Å². The Labute approximate surface area is 181 Å². The van der Waals surface area contributed by atoms with Gasteiger partial charge in [-0.15, -0.1) is 0 Å². The molecule has 172 valence electrons. The van der Waals surface area contributed by atoms with Crippen LogP contribution in [0.3, 0.4) is 0 Å². The molecule has 0 spiro atoms. The van der Waals surface area contributed by atoms with Crippen molar-refractivity contribution in [2.75, 3.05) is 0 Å². The Balaban J connectivity index is 2.87. The number of carboxylic acid groups (broad SMARTS) is 1. The fourth-order valence-electron chi connectivity index (χ4n) is 2.99. The quantitative estimate of drug-likeness (QED) is 0.221. The average Bonchev–Trinajstić information content (AvgIpc) is 2.67. The Hall–Kier alpha value is -3.14. The fourth-order valence-corrected chi connectivity index (χ4v) is 2.99. The second-order valence-electron chi connectivity index (χ2n) is 8.41. The highest BCUT2D eigenvalue weighted by Crippen LogP contribution is 2.18. The second-order valence-corrected chi connectivity index (χ2v) is 8.41. The van der Waals surface area contributed by atoms with Crippen LogP contribution in [0.2, 0.25) is 0 Å². The molecule has 1 aromatic carbocycles. The Morgan fingerprint density at radius 3 is 2.13 bits per heavy atom. The molecular formula is C21H31N3O7. The number of carboxylic acids is 1. The average molecular weight is 437 g/mol. The van der Waals surface area contributed by atoms with Gasteiger partial charge in [0.05, 0.1) is 0 Å². The molecule has 0 heterocycles. The Morgan fingerprint density at radius 2 is 1.65 bits per heavy atom. The highest BCUT2D eigenvalue weighted by Gasteiger charge is 2.35. The zero-order valence-electron chi connectivity index (χ0n) is 18.1. The van der Waals surface area contributed by atoms with E-state index in [4.69, 9.17) is 5.21 Å². The number of carbonyl (C=O) groups is 4. The van der Waals surface area contributed by atoms with Gasteiger partial charge in [0.25, 0.3) is 0 Å². The third-order valence-electron chi connectivity index (χ3n) is 4.67. The maximum atomic E-state index is 12.7. The Bertz CT molecular complexity index is 791. The third kappa shape index (κ3) is 8.63. The van der Waals surface area contributed by atoms with Crippen molar-refractivity contribution >= 4 is 23.7 Å². The smallest absolute Gasteiger partial charge is 0.326 e. The van der Waals surface area contributed by atoms with E-state index >= 15 is 0 Å². The van der Waals surface area contributed by atoms with E-state index in [9.17, 15) is 29.4 Å². The number of amides is 3. The van der Waals surface area contributed by atoms with Crippen molar-refractivity contribution in [1.82, 2.24) is 16.1 Å². The summed E-state index contributed by atoms with van der Waals surface area (Å²) < 4.78 is 0. The molecule has 0 fully saturated rings. The molecule has 6 N–H and O–H groups in total. The van der Waals surface area contributed by atoms with E-state index in [1.54, 1.807) is 12.1 Å². The van der Waals surface area contributed by atoms with Crippen LogP contribution in [-0.2, 0) is 25.6 Å². The monoisotopic (exact) mass is 437 g/mol. The van der Waals surface area contributed by atoms with Crippen molar-refractivity contribution in [3.63, 3.8) is 0 Å². The van der Waals surface area contributed by atoms with Crippen LogP contribution in [-0.4, -0.2) is 50.7 Å². The largest absolute Gasteiger partial charge is 0.508 e. The van der Waals surface area contributed by atoms with Gasteiger partial charge in [0, 0.05) is 18.8 Å². The van der Waals surface area contributed by atoms with Gasteiger partial charge < -0.3 is 20.8 Å². The van der Waals surface area contributed by atoms with E-state index in [0.29, 0.717) is 12.0 Å². The van der Waals surface area contributed by atoms with Crippen LogP contribution >= 0.6 is 0 Å². The molecule has 31 heavy (non-hydrogen) atoms. The number of phenolic OH excluding ortho intramolecular Hbond substituents is 1. The van der Waals surface area contributed by atoms with E-state index in [-0.39, 0.29) is 24.5 Å². The van der Waals surface area contributed by atoms with Gasteiger partial charge in [-0.1, -0.05) is 26.0 Å². The summed E-state index contributed by atoms with van der Waals surface area (Å²) in [6.45, 7) is 6.60. The molecule has 0 aliphatic heterocycles. The fraction of sp³-hybridized carbons (Fsp3) is 0.524. The number of hydrogen-bond acceptors (Lipinski definition) is 6. The molecule has 0 bridgehead atoms. The zero-order valence-corrected chi connectivity index (χ0v) is 18.1. The van der Waals surface area contributed by atoms with Gasteiger partial charge >= 0.3 is 5.97 Å². The van der Waals surface area contributed by atoms with E-state index < -0.39 is 41.2 Å². The first-order chi connectivity index (χ1) is 14.4. The zero-order chi connectivity index (χ0) is 23.8. The van der Waals surface area contributed by atoms with Gasteiger partial charge in [-0.25, -0.2) is 10.3 Å². The van der Waals surface area contributed by atoms with Crippen molar-refractivity contribution in [2.24, 2.45) is 11.8 Å². The molecule has 0 saturated heterocycles. The van der Waals surface area contributed by atoms with Gasteiger partial charge in [0.1, 0.15) is 17.3 Å². The number of rotatable bonds is 11. The minimum atomic E-state index is -1.45. The van der Waals surface area contributed by atoms with Gasteiger partial charge in [-0.2, -0.15) is 0 Å². The lowest BCUT2D eigenvalue weighted by Gasteiger charge is -2.29. The normalized spacial score (nSPS) is 13.2. The lowest BCUT2D eigenvalue weighted by Crippen LogP contribution is -2.59. The summed E-state index contributed by atoms with van der Waals surface area (Å²) in [5.41, 5.74) is 0.638. The summed E-state index contributed by atoms with van der Waals surface area (Å²) in [7, 11) is 0. The van der Waals surface area contributed by atoms with Crippen LogP contribution in [0.25, 0.3) is 0 Å². The Morgan fingerprint density at radius 1 is 1.06 bits per heavy atom. The summed E-state index contributed by atoms with van der Waals surface area (Å²) in [5.74, 6) is -3.88. The summed E-state index contributed by atoms with van der Waals surface area (Å²) in [4.78, 5) is 48.6. The number of hydrogen-bond donors (Lipinski definition) is 6. The first-order valence-electron chi connectivity index (χ1n) is 9.92. The van der Waals surface area contributed by atoms with Crippen molar-refractivity contribution < 1.29 is 34.6 Å². The first kappa shape index (κ1) is 25.9. The number of hydroxylamine groups is 1. The molecule has 0 aliphatic rings. The maximum Gasteiger partial charge on any atom is 0.326 e. The van der Waals surface area contributed by atoms with Crippen molar-refractivity contribution in [2.45, 2.75) is 58.5 Å². The van der Waals surface area contributed by atoms with Gasteiger partial charge in [-0.3, -0.25) is 19.6 Å². The molecule has 10 heteroatoms. The highest BCUT2D eigenvalue weighted by molar-refractivity contribution is 5.94. The van der Waals surface area contributed by atoms with Crippen LogP contribution in [0, 0.1) is 11.8 Å². The molecule has 2 atom stereocenters. The van der Waals surface area contributed by atoms with E-state index in [1.165, 1.54) is 31.5 Å². The molecule has 3 amide bonds. The standard InChI is InChI=1S/C21H31N3O7/c1-12(2)9-14(11-17(26)24-31)18(27)23-21(3,4)20(30)22-16(19(28)29)10-13-5-7-15(25)8-6-13/h5-8,12,14,16,25,31H,9-11H2,1-4H3,(H,22,30)(H,23,27)(H,24,26)(H,28,29)/t14?,16-/m0/s1. The second kappa shape index (κ2) is 11.3. The predicted molar refractivity (Wildman–Crippen MR) is 111 cm³/mol. The van der Waals surface area contributed by atoms with Crippen LogP contribution in [0.15, 0.2) is 24.3 Å². The molecule has 0 saturated carbocycles. The third-order valence-corrected chi connectivity index (χ3v) is 4.67. The van der Waals surface area contributed by atoms with Gasteiger partial charge in [-0.05, 0) is 43.9 Å². The lowest BCUT2D eigenvalue weighted by atomic mass is 9.91. The van der Waals surface area contributed by atoms with Gasteiger partial charge in [0.15, 0.2) is 0 Å². The molecule has 1 aromatic rings. The highest BCUT2D eigenvalue weighted by atomic mass is 16.5. The first-order valence-corrected chi connectivity index (χ1v) is 9.92. The molecule has 10 nitrogen and oxygen atoms in total. The Kier molecular flexibility index (Phi) is 9.44. The van der Waals surface area contributed by atoms with E-state index in [2.05, 4.69) is 10.6 Å². The molecule has 1 unspecified atom stereocenters.